The van der Waals surface area contributed by atoms with E-state index in [1.165, 1.54) is 10.6 Å². The molecular weight excluding hydrogens is 216 g/mol. The van der Waals surface area contributed by atoms with Crippen molar-refractivity contribution >= 4 is 0 Å². The molecular formula is C13H14N2O2. The lowest BCUT2D eigenvalue weighted by Gasteiger charge is -2.06. The third kappa shape index (κ3) is 2.06. The molecule has 88 valence electrons. The van der Waals surface area contributed by atoms with Crippen molar-refractivity contribution in [3.05, 3.63) is 56.7 Å². The number of nitrogens with zero attached hydrogens (tertiary/aromatic N) is 1. The predicted molar refractivity (Wildman–Crippen MR) is 67.2 cm³/mol. The van der Waals surface area contributed by atoms with Crippen molar-refractivity contribution in [2.24, 2.45) is 0 Å². The van der Waals surface area contributed by atoms with Crippen molar-refractivity contribution in [2.45, 2.75) is 20.4 Å². The van der Waals surface area contributed by atoms with E-state index in [0.29, 0.717) is 12.2 Å². The normalized spacial score (nSPS) is 10.5. The molecule has 17 heavy (non-hydrogen) atoms. The SMILES string of the molecule is CCn1c(=O)cc(-c2ccccc2C)[nH]c1=O. The number of H-pyrrole nitrogens is 1. The molecule has 0 aliphatic carbocycles. The van der Waals surface area contributed by atoms with Crippen LogP contribution >= 0.6 is 0 Å². The van der Waals surface area contributed by atoms with Gasteiger partial charge in [-0.15, -0.1) is 0 Å². The molecule has 4 heteroatoms. The third-order valence-electron chi connectivity index (χ3n) is 2.77. The van der Waals surface area contributed by atoms with Crippen molar-refractivity contribution < 1.29 is 0 Å². The van der Waals surface area contributed by atoms with Crippen LogP contribution in [0.1, 0.15) is 12.5 Å². The Morgan fingerprint density at radius 2 is 1.94 bits per heavy atom. The van der Waals surface area contributed by atoms with E-state index in [0.717, 1.165) is 11.1 Å². The average molecular weight is 230 g/mol. The van der Waals surface area contributed by atoms with Crippen LogP contribution in [0.2, 0.25) is 0 Å². The van der Waals surface area contributed by atoms with E-state index in [9.17, 15) is 9.59 Å². The van der Waals surface area contributed by atoms with Gasteiger partial charge in [0.15, 0.2) is 0 Å². The summed E-state index contributed by atoms with van der Waals surface area (Å²) < 4.78 is 1.17. The van der Waals surface area contributed by atoms with Crippen LogP contribution < -0.4 is 11.2 Å². The molecule has 2 rings (SSSR count). The molecule has 0 atom stereocenters. The highest BCUT2D eigenvalue weighted by molar-refractivity contribution is 5.62. The van der Waals surface area contributed by atoms with Gasteiger partial charge in [-0.1, -0.05) is 24.3 Å². The summed E-state index contributed by atoms with van der Waals surface area (Å²) in [7, 11) is 0. The molecule has 0 fully saturated rings. The number of aromatic nitrogens is 2. The molecule has 1 heterocycles. The Hall–Kier alpha value is -2.10. The van der Waals surface area contributed by atoms with Crippen molar-refractivity contribution in [1.29, 1.82) is 0 Å². The maximum absolute atomic E-state index is 11.7. The number of hydrogen-bond acceptors (Lipinski definition) is 2. The molecule has 0 saturated carbocycles. The second kappa shape index (κ2) is 4.41. The predicted octanol–water partition coefficient (Wildman–Crippen LogP) is 1.53. The van der Waals surface area contributed by atoms with Crippen molar-refractivity contribution in [3.8, 4) is 11.3 Å². The van der Waals surface area contributed by atoms with Gasteiger partial charge in [-0.05, 0) is 19.4 Å². The van der Waals surface area contributed by atoms with Gasteiger partial charge in [-0.25, -0.2) is 4.79 Å². The fourth-order valence-corrected chi connectivity index (χ4v) is 1.84. The molecule has 0 bridgehead atoms. The molecule has 0 saturated heterocycles. The second-order valence-electron chi connectivity index (χ2n) is 3.89. The minimum absolute atomic E-state index is 0.269. The van der Waals surface area contributed by atoms with Gasteiger partial charge in [0.05, 0.1) is 5.69 Å². The average Bonchev–Trinajstić information content (AvgIpc) is 2.29. The van der Waals surface area contributed by atoms with Gasteiger partial charge in [0.25, 0.3) is 5.56 Å². The Bertz CT molecular complexity index is 622. The van der Waals surface area contributed by atoms with Gasteiger partial charge < -0.3 is 4.98 Å². The van der Waals surface area contributed by atoms with Crippen molar-refractivity contribution in [3.63, 3.8) is 0 Å². The maximum atomic E-state index is 11.7. The minimum atomic E-state index is -0.363. The summed E-state index contributed by atoms with van der Waals surface area (Å²) in [5.41, 5.74) is 1.84. The lowest BCUT2D eigenvalue weighted by Crippen LogP contribution is -2.34. The van der Waals surface area contributed by atoms with Crippen molar-refractivity contribution in [1.82, 2.24) is 9.55 Å². The first-order chi connectivity index (χ1) is 8.13. The van der Waals surface area contributed by atoms with Crippen LogP contribution in [0.4, 0.5) is 0 Å². The summed E-state index contributed by atoms with van der Waals surface area (Å²) >= 11 is 0. The van der Waals surface area contributed by atoms with Crippen LogP contribution in [0.5, 0.6) is 0 Å². The zero-order valence-electron chi connectivity index (χ0n) is 9.86. The summed E-state index contributed by atoms with van der Waals surface area (Å²) in [4.78, 5) is 26.1. The van der Waals surface area contributed by atoms with Gasteiger partial charge in [0.1, 0.15) is 0 Å². The Labute approximate surface area is 98.6 Å². The van der Waals surface area contributed by atoms with Crippen LogP contribution in [-0.2, 0) is 6.54 Å². The van der Waals surface area contributed by atoms with E-state index < -0.39 is 0 Å². The van der Waals surface area contributed by atoms with Gasteiger partial charge in [-0.2, -0.15) is 0 Å². The highest BCUT2D eigenvalue weighted by Crippen LogP contribution is 2.18. The Morgan fingerprint density at radius 1 is 1.24 bits per heavy atom. The molecule has 1 N–H and O–H groups in total. The van der Waals surface area contributed by atoms with Crippen LogP contribution in [0.25, 0.3) is 11.3 Å². The first-order valence-electron chi connectivity index (χ1n) is 5.53. The quantitative estimate of drug-likeness (QED) is 0.850. The monoisotopic (exact) mass is 230 g/mol. The molecule has 0 aliphatic rings. The zero-order chi connectivity index (χ0) is 12.4. The zero-order valence-corrected chi connectivity index (χ0v) is 9.86. The molecule has 1 aromatic carbocycles. The van der Waals surface area contributed by atoms with Gasteiger partial charge in [-0.3, -0.25) is 9.36 Å². The summed E-state index contributed by atoms with van der Waals surface area (Å²) in [6.45, 7) is 4.09. The molecule has 0 aliphatic heterocycles. The second-order valence-corrected chi connectivity index (χ2v) is 3.89. The minimum Gasteiger partial charge on any atom is -0.307 e. The Kier molecular flexibility index (Phi) is 2.95. The molecule has 2 aromatic rings. The summed E-state index contributed by atoms with van der Waals surface area (Å²) in [5, 5.41) is 0. The number of aromatic amines is 1. The molecule has 4 nitrogen and oxygen atoms in total. The molecule has 1 aromatic heterocycles. The van der Waals surface area contributed by atoms with Gasteiger partial charge in [0, 0.05) is 18.2 Å². The highest BCUT2D eigenvalue weighted by Gasteiger charge is 2.06. The summed E-state index contributed by atoms with van der Waals surface area (Å²) in [6.07, 6.45) is 0. The summed E-state index contributed by atoms with van der Waals surface area (Å²) in [5.74, 6) is 0. The molecule has 0 amide bonds. The van der Waals surface area contributed by atoms with E-state index in [4.69, 9.17) is 0 Å². The first-order valence-corrected chi connectivity index (χ1v) is 5.53. The lowest BCUT2D eigenvalue weighted by atomic mass is 10.1. The lowest BCUT2D eigenvalue weighted by molar-refractivity contribution is 0.674. The Morgan fingerprint density at radius 3 is 2.53 bits per heavy atom. The van der Waals surface area contributed by atoms with E-state index >= 15 is 0 Å². The van der Waals surface area contributed by atoms with E-state index in [1.54, 1.807) is 6.92 Å². The topological polar surface area (TPSA) is 54.9 Å². The maximum Gasteiger partial charge on any atom is 0.328 e. The van der Waals surface area contributed by atoms with E-state index in [-0.39, 0.29) is 11.2 Å². The van der Waals surface area contributed by atoms with Gasteiger partial charge in [0.2, 0.25) is 0 Å². The number of nitrogens with one attached hydrogen (secondary N) is 1. The van der Waals surface area contributed by atoms with Crippen molar-refractivity contribution in [2.75, 3.05) is 0 Å². The number of benzene rings is 1. The van der Waals surface area contributed by atoms with Gasteiger partial charge >= 0.3 is 5.69 Å². The smallest absolute Gasteiger partial charge is 0.307 e. The standard InChI is InChI=1S/C13H14N2O2/c1-3-15-12(16)8-11(14-13(15)17)10-7-5-4-6-9(10)2/h4-8H,3H2,1-2H3,(H,14,17). The molecule has 0 unspecified atom stereocenters. The first kappa shape index (κ1) is 11.4. The highest BCUT2D eigenvalue weighted by atomic mass is 16.2. The van der Waals surface area contributed by atoms with Crippen LogP contribution in [-0.4, -0.2) is 9.55 Å². The number of rotatable bonds is 2. The molecule has 0 radical (unpaired) electrons. The fraction of sp³-hybridized carbons (Fsp3) is 0.231. The van der Waals surface area contributed by atoms with E-state index in [1.807, 2.05) is 31.2 Å². The Balaban J connectivity index is 2.67. The number of hydrogen-bond donors (Lipinski definition) is 1. The third-order valence-corrected chi connectivity index (χ3v) is 2.77. The van der Waals surface area contributed by atoms with E-state index in [2.05, 4.69) is 4.98 Å². The van der Waals surface area contributed by atoms with Crippen LogP contribution in [0, 0.1) is 6.92 Å². The fourth-order valence-electron chi connectivity index (χ4n) is 1.84. The summed E-state index contributed by atoms with van der Waals surface area (Å²) in [6, 6.07) is 9.10. The number of aryl methyl sites for hydroxylation is 1. The molecule has 0 spiro atoms. The van der Waals surface area contributed by atoms with Crippen LogP contribution in [0.3, 0.4) is 0 Å². The largest absolute Gasteiger partial charge is 0.328 e. The van der Waals surface area contributed by atoms with Crippen LogP contribution in [0.15, 0.2) is 39.9 Å².